The van der Waals surface area contributed by atoms with Gasteiger partial charge in [-0.05, 0) is 24.8 Å². The third-order valence-corrected chi connectivity index (χ3v) is 5.11. The second kappa shape index (κ2) is 6.48. The maximum Gasteiger partial charge on any atom is 0.257 e. The summed E-state index contributed by atoms with van der Waals surface area (Å²) in [5, 5.41) is 4.07. The van der Waals surface area contributed by atoms with Crippen LogP contribution in [0.1, 0.15) is 23.2 Å². The number of rotatable bonds is 5. The highest BCUT2D eigenvalue weighted by Gasteiger charge is 2.54. The number of aromatic nitrogens is 3. The maximum atomic E-state index is 12.5. The van der Waals surface area contributed by atoms with Crippen LogP contribution in [0.3, 0.4) is 0 Å². The Morgan fingerprint density at radius 3 is 3.04 bits per heavy atom. The summed E-state index contributed by atoms with van der Waals surface area (Å²) in [4.78, 5) is 18.5. The first kappa shape index (κ1) is 16.1. The number of hydrogen-bond acceptors (Lipinski definition) is 5. The van der Waals surface area contributed by atoms with E-state index in [1.807, 2.05) is 30.1 Å². The van der Waals surface area contributed by atoms with E-state index in [-0.39, 0.29) is 11.5 Å². The molecule has 0 N–H and O–H groups in total. The van der Waals surface area contributed by atoms with E-state index >= 15 is 0 Å². The van der Waals surface area contributed by atoms with Crippen LogP contribution in [0, 0.1) is 5.92 Å². The van der Waals surface area contributed by atoms with Gasteiger partial charge in [-0.15, -0.1) is 0 Å². The van der Waals surface area contributed by atoms with Gasteiger partial charge >= 0.3 is 0 Å². The normalized spacial score (nSPS) is 21.3. The van der Waals surface area contributed by atoms with Gasteiger partial charge in [0.05, 0.1) is 31.5 Å². The van der Waals surface area contributed by atoms with Crippen molar-refractivity contribution in [2.75, 3.05) is 26.3 Å². The van der Waals surface area contributed by atoms with Crippen LogP contribution in [0.5, 0.6) is 5.88 Å². The van der Waals surface area contributed by atoms with Crippen molar-refractivity contribution >= 4 is 5.91 Å². The zero-order valence-corrected chi connectivity index (χ0v) is 14.3. The van der Waals surface area contributed by atoms with Crippen molar-refractivity contribution in [1.82, 2.24) is 19.7 Å². The van der Waals surface area contributed by atoms with Gasteiger partial charge in [0, 0.05) is 32.1 Å². The molecule has 2 aliphatic heterocycles. The molecule has 25 heavy (non-hydrogen) atoms. The Morgan fingerprint density at radius 1 is 1.44 bits per heavy atom. The SMILES string of the molecule is Cn1cc(C(=O)N2CC3(C2)OCCC3CCOc2ccccn2)cn1. The topological polar surface area (TPSA) is 69.5 Å². The Bertz CT molecular complexity index is 740. The average molecular weight is 342 g/mol. The standard InChI is InChI=1S/C18H22N4O3/c1-21-11-14(10-20-21)17(23)22-12-18(13-22)15(6-9-25-18)5-8-24-16-4-2-3-7-19-16/h2-4,7,10-11,15H,5-6,8-9,12-13H2,1H3. The Kier molecular flexibility index (Phi) is 4.17. The summed E-state index contributed by atoms with van der Waals surface area (Å²) in [6.45, 7) is 2.66. The van der Waals surface area contributed by atoms with Gasteiger partial charge in [0.1, 0.15) is 5.60 Å². The number of pyridine rings is 1. The Balaban J connectivity index is 1.31. The first-order valence-electron chi connectivity index (χ1n) is 8.62. The summed E-state index contributed by atoms with van der Waals surface area (Å²) >= 11 is 0. The molecule has 132 valence electrons. The fourth-order valence-corrected chi connectivity index (χ4v) is 3.74. The van der Waals surface area contributed by atoms with Gasteiger partial charge in [0.2, 0.25) is 5.88 Å². The molecule has 7 nitrogen and oxygen atoms in total. The number of ether oxygens (including phenoxy) is 2. The molecule has 0 aromatic carbocycles. The van der Waals surface area contributed by atoms with Gasteiger partial charge in [-0.1, -0.05) is 6.07 Å². The highest BCUT2D eigenvalue weighted by atomic mass is 16.5. The molecule has 4 heterocycles. The summed E-state index contributed by atoms with van der Waals surface area (Å²) in [5.41, 5.74) is 0.427. The van der Waals surface area contributed by atoms with Crippen molar-refractivity contribution in [3.63, 3.8) is 0 Å². The van der Waals surface area contributed by atoms with Crippen molar-refractivity contribution in [1.29, 1.82) is 0 Å². The third kappa shape index (κ3) is 3.11. The van der Waals surface area contributed by atoms with Crippen LogP contribution >= 0.6 is 0 Å². The molecule has 2 aromatic heterocycles. The molecule has 2 aromatic rings. The molecule has 0 saturated carbocycles. The molecule has 0 aliphatic carbocycles. The number of amides is 1. The summed E-state index contributed by atoms with van der Waals surface area (Å²) < 4.78 is 13.4. The molecule has 0 radical (unpaired) electrons. The van der Waals surface area contributed by atoms with Gasteiger partial charge in [-0.2, -0.15) is 5.10 Å². The van der Waals surface area contributed by atoms with Crippen LogP contribution in [0.25, 0.3) is 0 Å². The Morgan fingerprint density at radius 2 is 2.32 bits per heavy atom. The summed E-state index contributed by atoms with van der Waals surface area (Å²) in [6, 6.07) is 5.64. The molecule has 1 atom stereocenters. The number of nitrogens with zero attached hydrogens (tertiary/aromatic N) is 4. The largest absolute Gasteiger partial charge is 0.478 e. The van der Waals surface area contributed by atoms with Gasteiger partial charge in [-0.25, -0.2) is 4.98 Å². The molecule has 2 fully saturated rings. The van der Waals surface area contributed by atoms with Crippen molar-refractivity contribution < 1.29 is 14.3 Å². The van der Waals surface area contributed by atoms with Gasteiger partial charge < -0.3 is 14.4 Å². The highest BCUT2D eigenvalue weighted by Crippen LogP contribution is 2.42. The molecular formula is C18H22N4O3. The number of hydrogen-bond donors (Lipinski definition) is 0. The van der Waals surface area contributed by atoms with Crippen LogP contribution in [-0.4, -0.2) is 57.5 Å². The molecule has 0 bridgehead atoms. The lowest BCUT2D eigenvalue weighted by atomic mass is 9.79. The van der Waals surface area contributed by atoms with Gasteiger partial charge in [0.15, 0.2) is 0 Å². The molecular weight excluding hydrogens is 320 g/mol. The van der Waals surface area contributed by atoms with Gasteiger partial charge in [0.25, 0.3) is 5.91 Å². The van der Waals surface area contributed by atoms with Crippen LogP contribution in [0.4, 0.5) is 0 Å². The number of carbonyl (C=O) groups is 1. The zero-order chi connectivity index (χ0) is 17.3. The van der Waals surface area contributed by atoms with E-state index in [2.05, 4.69) is 10.1 Å². The molecule has 2 saturated heterocycles. The van der Waals surface area contributed by atoms with Crippen LogP contribution < -0.4 is 4.74 Å². The lowest BCUT2D eigenvalue weighted by Gasteiger charge is -2.50. The minimum atomic E-state index is -0.203. The van der Waals surface area contributed by atoms with Crippen molar-refractivity contribution in [2.24, 2.45) is 13.0 Å². The van der Waals surface area contributed by atoms with E-state index in [1.165, 1.54) is 0 Å². The predicted molar refractivity (Wildman–Crippen MR) is 90.3 cm³/mol. The minimum absolute atomic E-state index is 0.0257. The average Bonchev–Trinajstić information content (AvgIpc) is 3.20. The van der Waals surface area contributed by atoms with E-state index in [0.29, 0.717) is 37.1 Å². The van der Waals surface area contributed by atoms with Crippen LogP contribution in [0.15, 0.2) is 36.8 Å². The molecule has 1 amide bonds. The highest BCUT2D eigenvalue weighted by molar-refractivity contribution is 5.94. The van der Waals surface area contributed by atoms with Gasteiger partial charge in [-0.3, -0.25) is 9.48 Å². The van der Waals surface area contributed by atoms with Crippen molar-refractivity contribution in [2.45, 2.75) is 18.4 Å². The molecule has 1 unspecified atom stereocenters. The third-order valence-electron chi connectivity index (χ3n) is 5.11. The fourth-order valence-electron chi connectivity index (χ4n) is 3.74. The number of likely N-dealkylation sites (tertiary alicyclic amines) is 1. The summed E-state index contributed by atoms with van der Waals surface area (Å²) in [7, 11) is 1.81. The van der Waals surface area contributed by atoms with Crippen molar-refractivity contribution in [3.05, 3.63) is 42.4 Å². The second-order valence-corrected chi connectivity index (χ2v) is 6.77. The minimum Gasteiger partial charge on any atom is -0.478 e. The van der Waals surface area contributed by atoms with Crippen LogP contribution in [-0.2, 0) is 11.8 Å². The lowest BCUT2D eigenvalue weighted by Crippen LogP contribution is -2.66. The predicted octanol–water partition coefficient (Wildman–Crippen LogP) is 1.52. The molecule has 7 heteroatoms. The first-order chi connectivity index (χ1) is 12.2. The summed E-state index contributed by atoms with van der Waals surface area (Å²) in [6.07, 6.45) is 7.01. The van der Waals surface area contributed by atoms with E-state index in [9.17, 15) is 4.79 Å². The molecule has 1 spiro atoms. The zero-order valence-electron chi connectivity index (χ0n) is 14.3. The van der Waals surface area contributed by atoms with E-state index in [0.717, 1.165) is 19.4 Å². The maximum absolute atomic E-state index is 12.5. The number of aryl methyl sites for hydroxylation is 1. The fraction of sp³-hybridized carbons (Fsp3) is 0.500. The quantitative estimate of drug-likeness (QED) is 0.824. The smallest absolute Gasteiger partial charge is 0.257 e. The lowest BCUT2D eigenvalue weighted by molar-refractivity contribution is -0.119. The molecule has 2 aliphatic rings. The van der Waals surface area contributed by atoms with E-state index in [1.54, 1.807) is 23.3 Å². The Labute approximate surface area is 146 Å². The summed E-state index contributed by atoms with van der Waals surface area (Å²) in [5.74, 6) is 1.09. The first-order valence-corrected chi connectivity index (χ1v) is 8.62. The molecule has 4 rings (SSSR count). The van der Waals surface area contributed by atoms with Crippen molar-refractivity contribution in [3.8, 4) is 5.88 Å². The van der Waals surface area contributed by atoms with Crippen LogP contribution in [0.2, 0.25) is 0 Å². The number of carbonyl (C=O) groups excluding carboxylic acids is 1. The Hall–Kier alpha value is -2.41. The monoisotopic (exact) mass is 342 g/mol. The second-order valence-electron chi connectivity index (χ2n) is 6.77. The van der Waals surface area contributed by atoms with E-state index in [4.69, 9.17) is 9.47 Å². The van der Waals surface area contributed by atoms with E-state index < -0.39 is 0 Å².